The Morgan fingerprint density at radius 3 is 2.32 bits per heavy atom. The second kappa shape index (κ2) is 7.30. The zero-order chi connectivity index (χ0) is 16.2. The number of halogens is 1. The number of carbonyl (C=O) groups is 1. The molecule has 1 aromatic carbocycles. The maximum atomic E-state index is 12.5. The number of hydrogen-bond donors (Lipinski definition) is 1. The third-order valence-corrected chi connectivity index (χ3v) is 5.67. The van der Waals surface area contributed by atoms with E-state index in [1.165, 1.54) is 16.4 Å². The lowest BCUT2D eigenvalue weighted by Crippen LogP contribution is -2.53. The highest BCUT2D eigenvalue weighted by Gasteiger charge is 2.29. The first-order chi connectivity index (χ1) is 10.4. The molecule has 122 valence electrons. The minimum Gasteiger partial charge on any atom is -0.338 e. The van der Waals surface area contributed by atoms with E-state index >= 15 is 0 Å². The van der Waals surface area contributed by atoms with Gasteiger partial charge in [0.05, 0.1) is 4.90 Å². The number of urea groups is 1. The van der Waals surface area contributed by atoms with Crippen molar-refractivity contribution in [1.29, 1.82) is 0 Å². The predicted molar refractivity (Wildman–Crippen MR) is 85.5 cm³/mol. The fourth-order valence-electron chi connectivity index (χ4n) is 2.23. The van der Waals surface area contributed by atoms with E-state index in [1.54, 1.807) is 17.0 Å². The highest BCUT2D eigenvalue weighted by Crippen LogP contribution is 2.19. The first kappa shape index (κ1) is 17.1. The topological polar surface area (TPSA) is 69.7 Å². The summed E-state index contributed by atoms with van der Waals surface area (Å²) in [6.45, 7) is 3.98. The van der Waals surface area contributed by atoms with Crippen LogP contribution in [0.4, 0.5) is 4.79 Å². The highest BCUT2D eigenvalue weighted by molar-refractivity contribution is 7.89. The SMILES string of the molecule is CCCNC(=O)N1CCN(S(=O)(=O)c2ccc(Cl)cc2)CC1. The lowest BCUT2D eigenvalue weighted by Gasteiger charge is -2.34. The van der Waals surface area contributed by atoms with Crippen molar-refractivity contribution in [2.45, 2.75) is 18.2 Å². The number of nitrogens with one attached hydrogen (secondary N) is 1. The largest absolute Gasteiger partial charge is 0.338 e. The normalized spacial score (nSPS) is 16.5. The first-order valence-electron chi connectivity index (χ1n) is 7.23. The molecule has 0 atom stereocenters. The third kappa shape index (κ3) is 3.91. The standard InChI is InChI=1S/C14H20ClN3O3S/c1-2-7-16-14(19)17-8-10-18(11-9-17)22(20,21)13-5-3-12(15)4-6-13/h3-6H,2,7-11H2,1H3,(H,16,19). The van der Waals surface area contributed by atoms with E-state index in [0.29, 0.717) is 37.7 Å². The third-order valence-electron chi connectivity index (χ3n) is 3.50. The van der Waals surface area contributed by atoms with Crippen LogP contribution in [0.5, 0.6) is 0 Å². The molecule has 0 aromatic heterocycles. The molecule has 8 heteroatoms. The number of piperazine rings is 1. The van der Waals surface area contributed by atoms with E-state index in [1.807, 2.05) is 6.92 Å². The van der Waals surface area contributed by atoms with Crippen molar-refractivity contribution >= 4 is 27.7 Å². The van der Waals surface area contributed by atoms with Crippen molar-refractivity contribution in [3.8, 4) is 0 Å². The number of rotatable bonds is 4. The van der Waals surface area contributed by atoms with Crippen molar-refractivity contribution in [3.63, 3.8) is 0 Å². The molecular formula is C14H20ClN3O3S. The van der Waals surface area contributed by atoms with E-state index in [0.717, 1.165) is 6.42 Å². The molecule has 1 N–H and O–H groups in total. The zero-order valence-electron chi connectivity index (χ0n) is 12.5. The van der Waals surface area contributed by atoms with Gasteiger partial charge >= 0.3 is 6.03 Å². The predicted octanol–water partition coefficient (Wildman–Crippen LogP) is 1.77. The van der Waals surface area contributed by atoms with E-state index < -0.39 is 10.0 Å². The Balaban J connectivity index is 1.98. The summed E-state index contributed by atoms with van der Waals surface area (Å²) in [7, 11) is -3.53. The molecule has 0 bridgehead atoms. The van der Waals surface area contributed by atoms with E-state index in [2.05, 4.69) is 5.32 Å². The fourth-order valence-corrected chi connectivity index (χ4v) is 3.78. The van der Waals surface area contributed by atoms with Crippen molar-refractivity contribution < 1.29 is 13.2 Å². The molecule has 0 unspecified atom stereocenters. The van der Waals surface area contributed by atoms with Crippen LogP contribution in [0.15, 0.2) is 29.2 Å². The van der Waals surface area contributed by atoms with E-state index in [-0.39, 0.29) is 10.9 Å². The Hall–Kier alpha value is -1.31. The van der Waals surface area contributed by atoms with Crippen molar-refractivity contribution in [3.05, 3.63) is 29.3 Å². The summed E-state index contributed by atoms with van der Waals surface area (Å²) in [6.07, 6.45) is 0.872. The van der Waals surface area contributed by atoms with E-state index in [9.17, 15) is 13.2 Å². The molecule has 1 aliphatic rings. The van der Waals surface area contributed by atoms with Crippen LogP contribution in [0.3, 0.4) is 0 Å². The van der Waals surface area contributed by atoms with Gasteiger partial charge in [-0.15, -0.1) is 0 Å². The van der Waals surface area contributed by atoms with Crippen LogP contribution in [-0.2, 0) is 10.0 Å². The monoisotopic (exact) mass is 345 g/mol. The van der Waals surface area contributed by atoms with Crippen molar-refractivity contribution in [2.24, 2.45) is 0 Å². The first-order valence-corrected chi connectivity index (χ1v) is 9.05. The van der Waals surface area contributed by atoms with Crippen LogP contribution >= 0.6 is 11.6 Å². The summed E-state index contributed by atoms with van der Waals surface area (Å²) in [5, 5.41) is 3.29. The van der Waals surface area contributed by atoms with Gasteiger partial charge in [0.25, 0.3) is 0 Å². The van der Waals surface area contributed by atoms with Gasteiger partial charge in [0.2, 0.25) is 10.0 Å². The minimum atomic E-state index is -3.53. The number of hydrogen-bond acceptors (Lipinski definition) is 3. The van der Waals surface area contributed by atoms with Crippen LogP contribution in [0.1, 0.15) is 13.3 Å². The summed E-state index contributed by atoms with van der Waals surface area (Å²) in [6, 6.07) is 5.98. The van der Waals surface area contributed by atoms with Gasteiger partial charge in [-0.1, -0.05) is 18.5 Å². The molecule has 22 heavy (non-hydrogen) atoms. The van der Waals surface area contributed by atoms with Gasteiger partial charge in [-0.3, -0.25) is 0 Å². The average molecular weight is 346 g/mol. The zero-order valence-corrected chi connectivity index (χ0v) is 14.0. The Morgan fingerprint density at radius 1 is 1.18 bits per heavy atom. The molecule has 1 fully saturated rings. The quantitative estimate of drug-likeness (QED) is 0.904. The molecule has 2 amide bonds. The Morgan fingerprint density at radius 2 is 1.77 bits per heavy atom. The lowest BCUT2D eigenvalue weighted by atomic mass is 10.4. The van der Waals surface area contributed by atoms with Gasteiger partial charge < -0.3 is 10.2 Å². The summed E-state index contributed by atoms with van der Waals surface area (Å²) >= 11 is 5.78. The average Bonchev–Trinajstić information content (AvgIpc) is 2.53. The molecule has 1 saturated heterocycles. The molecule has 0 spiro atoms. The molecule has 0 radical (unpaired) electrons. The van der Waals surface area contributed by atoms with E-state index in [4.69, 9.17) is 11.6 Å². The van der Waals surface area contributed by atoms with Gasteiger partial charge in [-0.05, 0) is 30.7 Å². The molecular weight excluding hydrogens is 326 g/mol. The number of benzene rings is 1. The van der Waals surface area contributed by atoms with Gasteiger partial charge in [-0.25, -0.2) is 13.2 Å². The molecule has 0 aliphatic carbocycles. The van der Waals surface area contributed by atoms with Crippen molar-refractivity contribution in [2.75, 3.05) is 32.7 Å². The Kier molecular flexibility index (Phi) is 5.66. The number of amides is 2. The molecule has 1 heterocycles. The van der Waals surface area contributed by atoms with Gasteiger partial charge in [0.15, 0.2) is 0 Å². The number of nitrogens with zero attached hydrogens (tertiary/aromatic N) is 2. The summed E-state index contributed by atoms with van der Waals surface area (Å²) in [4.78, 5) is 13.7. The van der Waals surface area contributed by atoms with Gasteiger partial charge in [0.1, 0.15) is 0 Å². The fraction of sp³-hybridized carbons (Fsp3) is 0.500. The van der Waals surface area contributed by atoms with Gasteiger partial charge in [0, 0.05) is 37.7 Å². The van der Waals surface area contributed by atoms with Crippen LogP contribution in [0, 0.1) is 0 Å². The molecule has 0 saturated carbocycles. The van der Waals surface area contributed by atoms with Gasteiger partial charge in [-0.2, -0.15) is 4.31 Å². The number of sulfonamides is 1. The maximum Gasteiger partial charge on any atom is 0.317 e. The van der Waals surface area contributed by atoms with Crippen LogP contribution in [0.25, 0.3) is 0 Å². The van der Waals surface area contributed by atoms with Crippen LogP contribution in [0.2, 0.25) is 5.02 Å². The van der Waals surface area contributed by atoms with Crippen LogP contribution < -0.4 is 5.32 Å². The molecule has 1 aliphatic heterocycles. The lowest BCUT2D eigenvalue weighted by molar-refractivity contribution is 0.172. The van der Waals surface area contributed by atoms with Crippen molar-refractivity contribution in [1.82, 2.24) is 14.5 Å². The van der Waals surface area contributed by atoms with Crippen LogP contribution in [-0.4, -0.2) is 56.4 Å². The summed E-state index contributed by atoms with van der Waals surface area (Å²) in [5.74, 6) is 0. The number of carbonyl (C=O) groups excluding carboxylic acids is 1. The molecule has 1 aromatic rings. The Labute approximate surface area is 136 Å². The highest BCUT2D eigenvalue weighted by atomic mass is 35.5. The maximum absolute atomic E-state index is 12.5. The Bertz CT molecular complexity index is 611. The minimum absolute atomic E-state index is 0.134. The second-order valence-corrected chi connectivity index (χ2v) is 7.45. The molecule has 2 rings (SSSR count). The summed E-state index contributed by atoms with van der Waals surface area (Å²) < 4.78 is 26.4. The summed E-state index contributed by atoms with van der Waals surface area (Å²) in [5.41, 5.74) is 0. The smallest absolute Gasteiger partial charge is 0.317 e. The molecule has 6 nitrogen and oxygen atoms in total. The second-order valence-electron chi connectivity index (χ2n) is 5.08.